The molecule has 0 aromatic carbocycles. The molecule has 2 heterocycles. The lowest BCUT2D eigenvalue weighted by Crippen LogP contribution is -2.26. The molecular formula is C16H27N3O. The fraction of sp³-hybridized carbons (Fsp3) is 0.688. The van der Waals surface area contributed by atoms with Gasteiger partial charge in [-0.15, -0.1) is 0 Å². The Morgan fingerprint density at radius 1 is 1.35 bits per heavy atom. The number of anilines is 2. The normalized spacial score (nSPS) is 19.7. The molecule has 0 aliphatic carbocycles. The van der Waals surface area contributed by atoms with Crippen molar-refractivity contribution in [3.63, 3.8) is 0 Å². The fourth-order valence-electron chi connectivity index (χ4n) is 2.61. The number of nitrogen functional groups attached to an aromatic ring is 1. The Balaban J connectivity index is 2.14. The van der Waals surface area contributed by atoms with Gasteiger partial charge in [0.25, 0.3) is 0 Å². The molecule has 0 bridgehead atoms. The number of rotatable bonds is 3. The SMILES string of the molecule is CC(C)Oc1nc(N2CCC(C(C)(C)C)C2)ccc1N. The second-order valence-electron chi connectivity index (χ2n) is 7.03. The third-order valence-corrected chi connectivity index (χ3v) is 3.96. The third-order valence-electron chi connectivity index (χ3n) is 3.96. The largest absolute Gasteiger partial charge is 0.473 e. The van der Waals surface area contributed by atoms with Crippen molar-refractivity contribution < 1.29 is 4.74 Å². The van der Waals surface area contributed by atoms with E-state index in [0.717, 1.165) is 18.9 Å². The van der Waals surface area contributed by atoms with E-state index in [2.05, 4.69) is 30.7 Å². The predicted molar refractivity (Wildman–Crippen MR) is 84.2 cm³/mol. The monoisotopic (exact) mass is 277 g/mol. The Bertz CT molecular complexity index is 465. The number of hydrogen-bond donors (Lipinski definition) is 1. The Morgan fingerprint density at radius 3 is 2.60 bits per heavy atom. The second kappa shape index (κ2) is 5.51. The molecule has 4 heteroatoms. The molecule has 1 aliphatic rings. The molecule has 1 aliphatic heterocycles. The van der Waals surface area contributed by atoms with Gasteiger partial charge in [0.05, 0.1) is 11.8 Å². The van der Waals surface area contributed by atoms with Crippen molar-refractivity contribution >= 4 is 11.5 Å². The van der Waals surface area contributed by atoms with Crippen molar-refractivity contribution in [3.8, 4) is 5.88 Å². The number of nitrogens with zero attached hydrogens (tertiary/aromatic N) is 2. The van der Waals surface area contributed by atoms with Gasteiger partial charge in [0.15, 0.2) is 0 Å². The smallest absolute Gasteiger partial charge is 0.239 e. The van der Waals surface area contributed by atoms with Crippen molar-refractivity contribution in [2.75, 3.05) is 23.7 Å². The van der Waals surface area contributed by atoms with Crippen molar-refractivity contribution in [2.45, 2.75) is 47.1 Å². The quantitative estimate of drug-likeness (QED) is 0.920. The summed E-state index contributed by atoms with van der Waals surface area (Å²) in [7, 11) is 0. The highest BCUT2D eigenvalue weighted by molar-refractivity contribution is 5.55. The van der Waals surface area contributed by atoms with Crippen molar-refractivity contribution in [2.24, 2.45) is 11.3 Å². The molecule has 112 valence electrons. The highest BCUT2D eigenvalue weighted by atomic mass is 16.5. The van der Waals surface area contributed by atoms with E-state index >= 15 is 0 Å². The van der Waals surface area contributed by atoms with Crippen LogP contribution in [0, 0.1) is 11.3 Å². The van der Waals surface area contributed by atoms with Crippen LogP contribution in [0.2, 0.25) is 0 Å². The van der Waals surface area contributed by atoms with Gasteiger partial charge in [-0.25, -0.2) is 0 Å². The molecule has 2 N–H and O–H groups in total. The minimum absolute atomic E-state index is 0.0842. The van der Waals surface area contributed by atoms with E-state index in [0.29, 0.717) is 22.9 Å². The summed E-state index contributed by atoms with van der Waals surface area (Å²) >= 11 is 0. The van der Waals surface area contributed by atoms with Gasteiger partial charge in [-0.1, -0.05) is 20.8 Å². The van der Waals surface area contributed by atoms with Crippen LogP contribution in [0.1, 0.15) is 41.0 Å². The molecule has 2 rings (SSSR count). The van der Waals surface area contributed by atoms with Crippen LogP contribution in [0.5, 0.6) is 5.88 Å². The van der Waals surface area contributed by atoms with Gasteiger partial charge >= 0.3 is 0 Å². The summed E-state index contributed by atoms with van der Waals surface area (Å²) in [5.41, 5.74) is 6.88. The van der Waals surface area contributed by atoms with Crippen LogP contribution in [0.25, 0.3) is 0 Å². The molecule has 0 radical (unpaired) electrons. The zero-order valence-corrected chi connectivity index (χ0v) is 13.3. The Morgan fingerprint density at radius 2 is 2.05 bits per heavy atom. The molecular weight excluding hydrogens is 250 g/mol. The number of pyridine rings is 1. The van der Waals surface area contributed by atoms with Crippen molar-refractivity contribution in [1.82, 2.24) is 4.98 Å². The van der Waals surface area contributed by atoms with Gasteiger partial charge in [-0.05, 0) is 43.7 Å². The lowest BCUT2D eigenvalue weighted by molar-refractivity contribution is 0.234. The van der Waals surface area contributed by atoms with Gasteiger partial charge in [0.2, 0.25) is 5.88 Å². The van der Waals surface area contributed by atoms with Crippen LogP contribution in [-0.4, -0.2) is 24.2 Å². The first-order chi connectivity index (χ1) is 9.27. The first-order valence-electron chi connectivity index (χ1n) is 7.45. The van der Waals surface area contributed by atoms with E-state index in [1.807, 2.05) is 26.0 Å². The zero-order chi connectivity index (χ0) is 14.9. The van der Waals surface area contributed by atoms with Crippen LogP contribution in [0.3, 0.4) is 0 Å². The topological polar surface area (TPSA) is 51.4 Å². The lowest BCUT2D eigenvalue weighted by Gasteiger charge is -2.27. The molecule has 4 nitrogen and oxygen atoms in total. The Hall–Kier alpha value is -1.45. The van der Waals surface area contributed by atoms with Crippen LogP contribution in [0.4, 0.5) is 11.5 Å². The highest BCUT2D eigenvalue weighted by Gasteiger charge is 2.32. The van der Waals surface area contributed by atoms with E-state index in [1.165, 1.54) is 6.42 Å². The first-order valence-corrected chi connectivity index (χ1v) is 7.45. The summed E-state index contributed by atoms with van der Waals surface area (Å²) in [6.07, 6.45) is 1.30. The number of nitrogens with two attached hydrogens (primary N) is 1. The maximum atomic E-state index is 5.93. The fourth-order valence-corrected chi connectivity index (χ4v) is 2.61. The lowest BCUT2D eigenvalue weighted by atomic mass is 9.80. The molecule has 1 saturated heterocycles. The molecule has 1 aromatic heterocycles. The Kier molecular flexibility index (Phi) is 4.11. The van der Waals surface area contributed by atoms with Crippen molar-refractivity contribution in [3.05, 3.63) is 12.1 Å². The summed E-state index contributed by atoms with van der Waals surface area (Å²) in [5.74, 6) is 2.23. The maximum Gasteiger partial charge on any atom is 0.239 e. The third kappa shape index (κ3) is 3.35. The number of ether oxygens (including phenoxy) is 1. The van der Waals surface area contributed by atoms with Crippen LogP contribution < -0.4 is 15.4 Å². The molecule has 0 amide bonds. The molecule has 1 unspecified atom stereocenters. The maximum absolute atomic E-state index is 5.93. The number of aromatic nitrogens is 1. The number of hydrogen-bond acceptors (Lipinski definition) is 4. The summed E-state index contributed by atoms with van der Waals surface area (Å²) in [6.45, 7) is 13.0. The standard InChI is InChI=1S/C16H27N3O/c1-11(2)20-15-13(17)6-7-14(18-15)19-9-8-12(10-19)16(3,4)5/h6-7,11-12H,8-10,17H2,1-5H3. The van der Waals surface area contributed by atoms with Gasteiger partial charge in [0, 0.05) is 13.1 Å². The highest BCUT2D eigenvalue weighted by Crippen LogP contribution is 2.36. The van der Waals surface area contributed by atoms with E-state index in [4.69, 9.17) is 10.5 Å². The molecule has 1 fully saturated rings. The van der Waals surface area contributed by atoms with Crippen LogP contribution >= 0.6 is 0 Å². The van der Waals surface area contributed by atoms with Crippen LogP contribution in [0.15, 0.2) is 12.1 Å². The molecule has 1 atom stereocenters. The summed E-state index contributed by atoms with van der Waals surface area (Å²) in [5, 5.41) is 0. The average Bonchev–Trinajstić information content (AvgIpc) is 2.80. The summed E-state index contributed by atoms with van der Waals surface area (Å²) in [6, 6.07) is 3.89. The molecule has 1 aromatic rings. The van der Waals surface area contributed by atoms with E-state index in [-0.39, 0.29) is 6.10 Å². The van der Waals surface area contributed by atoms with Crippen LogP contribution in [-0.2, 0) is 0 Å². The summed E-state index contributed by atoms with van der Waals surface area (Å²) < 4.78 is 5.68. The molecule has 0 saturated carbocycles. The Labute approximate surface area is 122 Å². The minimum Gasteiger partial charge on any atom is -0.473 e. The van der Waals surface area contributed by atoms with Gasteiger partial charge in [0.1, 0.15) is 5.82 Å². The minimum atomic E-state index is 0.0842. The average molecular weight is 277 g/mol. The second-order valence-corrected chi connectivity index (χ2v) is 7.03. The van der Waals surface area contributed by atoms with Gasteiger partial charge in [-0.2, -0.15) is 4.98 Å². The van der Waals surface area contributed by atoms with Gasteiger partial charge in [-0.3, -0.25) is 0 Å². The first kappa shape index (κ1) is 14.9. The summed E-state index contributed by atoms with van der Waals surface area (Å²) in [4.78, 5) is 6.93. The predicted octanol–water partition coefficient (Wildman–Crippen LogP) is 3.32. The van der Waals surface area contributed by atoms with E-state index < -0.39 is 0 Å². The van der Waals surface area contributed by atoms with E-state index in [9.17, 15) is 0 Å². The molecule has 0 spiro atoms. The van der Waals surface area contributed by atoms with Crippen molar-refractivity contribution in [1.29, 1.82) is 0 Å². The van der Waals surface area contributed by atoms with Gasteiger partial charge < -0.3 is 15.4 Å². The molecule has 20 heavy (non-hydrogen) atoms. The van der Waals surface area contributed by atoms with E-state index in [1.54, 1.807) is 0 Å². The zero-order valence-electron chi connectivity index (χ0n) is 13.3.